The van der Waals surface area contributed by atoms with Crippen molar-refractivity contribution in [1.29, 1.82) is 0 Å². The molecule has 4 nitrogen and oxygen atoms in total. The first-order valence-electron chi connectivity index (χ1n) is 15.3. The van der Waals surface area contributed by atoms with E-state index in [2.05, 4.69) is 164 Å². The quantitative estimate of drug-likeness (QED) is 0.145. The molecule has 0 spiro atoms. The fourth-order valence-corrected chi connectivity index (χ4v) is 7.05. The van der Waals surface area contributed by atoms with Gasteiger partial charge in [-0.25, -0.2) is 0 Å². The maximum atomic E-state index is 2.59. The number of fused-ring (bicyclic) bond motifs is 2. The SMILES string of the molecule is Cc1ccc2c(c1)C(C)(C)/C(=C/C=C/C1=[N+](CCC[N+](C)(C)C)c3ccc(I)cc3C1(C)C)N2CCC[N+](C)(C)C. The molecule has 222 valence electrons. The monoisotopic (exact) mass is 669 g/mol. The van der Waals surface area contributed by atoms with Gasteiger partial charge in [-0.3, -0.25) is 0 Å². The molecule has 2 heterocycles. The summed E-state index contributed by atoms with van der Waals surface area (Å²) < 4.78 is 5.88. The van der Waals surface area contributed by atoms with Gasteiger partial charge in [-0.1, -0.05) is 37.6 Å². The van der Waals surface area contributed by atoms with Crippen LogP contribution in [-0.2, 0) is 10.8 Å². The third-order valence-corrected chi connectivity index (χ3v) is 9.50. The average Bonchev–Trinajstić information content (AvgIpc) is 3.16. The summed E-state index contributed by atoms with van der Waals surface area (Å²) in [6.07, 6.45) is 9.46. The number of benzene rings is 2. The Morgan fingerprint density at radius 3 is 2.15 bits per heavy atom. The van der Waals surface area contributed by atoms with E-state index in [0.717, 1.165) is 48.0 Å². The molecule has 0 atom stereocenters. The molecule has 2 aliphatic heterocycles. The van der Waals surface area contributed by atoms with Crippen LogP contribution in [0.5, 0.6) is 0 Å². The van der Waals surface area contributed by atoms with Crippen molar-refractivity contribution in [3.05, 3.63) is 80.6 Å². The molecular formula is C36H54IN4+3. The highest BCUT2D eigenvalue weighted by Gasteiger charge is 2.44. The van der Waals surface area contributed by atoms with Crippen molar-refractivity contribution in [2.24, 2.45) is 0 Å². The Morgan fingerprint density at radius 2 is 1.49 bits per heavy atom. The molecule has 0 fully saturated rings. The van der Waals surface area contributed by atoms with Gasteiger partial charge in [-0.2, -0.15) is 4.58 Å². The predicted octanol–water partition coefficient (Wildman–Crippen LogP) is 7.41. The van der Waals surface area contributed by atoms with E-state index in [1.54, 1.807) is 0 Å². The number of nitrogens with zero attached hydrogens (tertiary/aromatic N) is 4. The first-order chi connectivity index (χ1) is 18.9. The average molecular weight is 670 g/mol. The van der Waals surface area contributed by atoms with E-state index in [9.17, 15) is 0 Å². The highest BCUT2D eigenvalue weighted by molar-refractivity contribution is 14.1. The number of aryl methyl sites for hydroxylation is 1. The lowest BCUT2D eigenvalue weighted by atomic mass is 9.81. The molecule has 4 rings (SSSR count). The number of rotatable bonds is 10. The van der Waals surface area contributed by atoms with Crippen LogP contribution in [0.25, 0.3) is 0 Å². The van der Waals surface area contributed by atoms with Gasteiger partial charge in [0, 0.05) is 51.0 Å². The molecule has 2 aromatic rings. The lowest BCUT2D eigenvalue weighted by Crippen LogP contribution is -2.37. The second kappa shape index (κ2) is 11.6. The summed E-state index contributed by atoms with van der Waals surface area (Å²) in [5, 5.41) is 0. The Labute approximate surface area is 264 Å². The Bertz CT molecular complexity index is 1380. The first kappa shape index (κ1) is 32.0. The van der Waals surface area contributed by atoms with Gasteiger partial charge < -0.3 is 13.9 Å². The van der Waals surface area contributed by atoms with Crippen molar-refractivity contribution in [1.82, 2.24) is 0 Å². The summed E-state index contributed by atoms with van der Waals surface area (Å²) >= 11 is 2.46. The standard InChI is InChI=1S/C36H54IN4/c1-27-17-19-31-29(25-27)35(2,3)33(38(31)21-13-23-40(6,7)8)15-12-16-34-36(4,5)30-26-28(37)18-20-32(30)39(34)22-14-24-41(9,10)11/h12,15-20,25-26H,13-14,21-24H2,1-11H3/q+3. The maximum Gasteiger partial charge on any atom is 0.209 e. The van der Waals surface area contributed by atoms with Crippen molar-refractivity contribution in [2.45, 2.75) is 58.3 Å². The molecule has 0 saturated carbocycles. The molecule has 0 aliphatic carbocycles. The summed E-state index contributed by atoms with van der Waals surface area (Å²) in [6, 6.07) is 14.0. The van der Waals surface area contributed by atoms with Gasteiger partial charge in [0.15, 0.2) is 12.3 Å². The smallest absolute Gasteiger partial charge is 0.209 e. The molecule has 41 heavy (non-hydrogen) atoms. The van der Waals surface area contributed by atoms with E-state index in [1.165, 1.54) is 43.0 Å². The highest BCUT2D eigenvalue weighted by atomic mass is 127. The number of allylic oxidation sites excluding steroid dienone is 4. The van der Waals surface area contributed by atoms with Gasteiger partial charge in [0.05, 0.1) is 67.2 Å². The molecule has 0 bridgehead atoms. The minimum absolute atomic E-state index is 0.0401. The van der Waals surface area contributed by atoms with Crippen LogP contribution in [0.15, 0.2) is 60.3 Å². The van der Waals surface area contributed by atoms with E-state index in [4.69, 9.17) is 0 Å². The van der Waals surface area contributed by atoms with Gasteiger partial charge >= 0.3 is 0 Å². The van der Waals surface area contributed by atoms with Crippen LogP contribution in [0.1, 0.15) is 57.2 Å². The lowest BCUT2D eigenvalue weighted by Gasteiger charge is -2.29. The summed E-state index contributed by atoms with van der Waals surface area (Å²) in [4.78, 5) is 2.59. The third-order valence-electron chi connectivity index (χ3n) is 8.83. The molecule has 2 aromatic carbocycles. The zero-order valence-corrected chi connectivity index (χ0v) is 29.8. The molecule has 0 aromatic heterocycles. The van der Waals surface area contributed by atoms with Crippen LogP contribution in [0.4, 0.5) is 11.4 Å². The van der Waals surface area contributed by atoms with Crippen LogP contribution in [-0.4, -0.2) is 87.7 Å². The summed E-state index contributed by atoms with van der Waals surface area (Å²) in [5.41, 5.74) is 9.67. The Balaban J connectivity index is 1.73. The van der Waals surface area contributed by atoms with Crippen LogP contribution in [0, 0.1) is 10.5 Å². The predicted molar refractivity (Wildman–Crippen MR) is 186 cm³/mol. The molecule has 0 radical (unpaired) electrons. The lowest BCUT2D eigenvalue weighted by molar-refractivity contribution is -0.871. The summed E-state index contributed by atoms with van der Waals surface area (Å²) in [5.74, 6) is 0. The molecule has 5 heteroatoms. The minimum atomic E-state index is -0.0440. The van der Waals surface area contributed by atoms with E-state index in [0.29, 0.717) is 0 Å². The highest BCUT2D eigenvalue weighted by Crippen LogP contribution is 2.48. The fourth-order valence-electron chi connectivity index (χ4n) is 6.56. The molecule has 0 unspecified atom stereocenters. The van der Waals surface area contributed by atoms with Crippen LogP contribution in [0.2, 0.25) is 0 Å². The zero-order valence-electron chi connectivity index (χ0n) is 27.6. The zero-order chi connectivity index (χ0) is 30.4. The van der Waals surface area contributed by atoms with E-state index >= 15 is 0 Å². The Morgan fingerprint density at radius 1 is 0.829 bits per heavy atom. The van der Waals surface area contributed by atoms with Gasteiger partial charge in [0.25, 0.3) is 0 Å². The second-order valence-corrected chi connectivity index (χ2v) is 16.5. The molecule has 0 amide bonds. The third kappa shape index (κ3) is 7.00. The summed E-state index contributed by atoms with van der Waals surface area (Å²) in [6.45, 7) is 16.2. The van der Waals surface area contributed by atoms with Gasteiger partial charge in [0.1, 0.15) is 0 Å². The number of quaternary nitrogens is 2. The van der Waals surface area contributed by atoms with E-state index in [1.807, 2.05) is 0 Å². The van der Waals surface area contributed by atoms with Crippen molar-refractivity contribution in [3.8, 4) is 0 Å². The van der Waals surface area contributed by atoms with Crippen LogP contribution >= 0.6 is 22.6 Å². The van der Waals surface area contributed by atoms with Crippen LogP contribution in [0.3, 0.4) is 0 Å². The van der Waals surface area contributed by atoms with Gasteiger partial charge in [-0.15, -0.1) is 0 Å². The van der Waals surface area contributed by atoms with Crippen molar-refractivity contribution in [3.63, 3.8) is 0 Å². The molecule has 0 saturated heterocycles. The van der Waals surface area contributed by atoms with E-state index < -0.39 is 0 Å². The molecular weight excluding hydrogens is 615 g/mol. The summed E-state index contributed by atoms with van der Waals surface area (Å²) in [7, 11) is 13.7. The Hall–Kier alpha value is -1.96. The minimum Gasteiger partial charge on any atom is -0.344 e. The topological polar surface area (TPSA) is 6.25 Å². The van der Waals surface area contributed by atoms with Gasteiger partial charge in [0.2, 0.25) is 5.69 Å². The van der Waals surface area contributed by atoms with Crippen LogP contribution < -0.4 is 4.90 Å². The van der Waals surface area contributed by atoms with Crippen molar-refractivity contribution < 1.29 is 13.5 Å². The number of anilines is 1. The number of halogens is 1. The fraction of sp³-hybridized carbons (Fsp3) is 0.528. The first-order valence-corrected chi connectivity index (χ1v) is 16.3. The second-order valence-electron chi connectivity index (χ2n) is 15.3. The molecule has 2 aliphatic rings. The number of hydrogen-bond donors (Lipinski definition) is 0. The van der Waals surface area contributed by atoms with E-state index in [-0.39, 0.29) is 10.8 Å². The maximum absolute atomic E-state index is 2.59. The van der Waals surface area contributed by atoms with Gasteiger partial charge in [-0.05, 0) is 73.2 Å². The van der Waals surface area contributed by atoms with Crippen molar-refractivity contribution in [2.75, 3.05) is 73.4 Å². The normalized spacial score (nSPS) is 19.0. The van der Waals surface area contributed by atoms with Crippen molar-refractivity contribution >= 4 is 39.7 Å². The number of hydrogen-bond acceptors (Lipinski definition) is 1. The largest absolute Gasteiger partial charge is 0.344 e. The Kier molecular flexibility index (Phi) is 9.05. The molecule has 0 N–H and O–H groups in total.